The zero-order valence-electron chi connectivity index (χ0n) is 8.81. The van der Waals surface area contributed by atoms with Gasteiger partial charge in [0.25, 0.3) is 0 Å². The van der Waals surface area contributed by atoms with Crippen LogP contribution in [0.3, 0.4) is 0 Å². The number of rotatable bonds is 9. The normalized spacial score (nSPS) is 11.7. The Morgan fingerprint density at radius 3 is 1.80 bits per heavy atom. The van der Waals surface area contributed by atoms with Crippen LogP contribution in [0.2, 0.25) is 0 Å². The topological polar surface area (TPSA) is 96.2 Å². The number of carbonyl (C=O) groups is 1. The van der Waals surface area contributed by atoms with Crippen LogP contribution >= 0.6 is 0 Å². The molecule has 6 nitrogen and oxygen atoms in total. The summed E-state index contributed by atoms with van der Waals surface area (Å²) < 4.78 is 9.93. The SMILES string of the molecule is CC(COCCO)(COCCO)C(=O)O. The lowest BCUT2D eigenvalue weighted by molar-refractivity contribution is -0.157. The maximum Gasteiger partial charge on any atom is 0.314 e. The standard InChI is InChI=1S/C9H18O6/c1-9(8(12)13,6-14-4-2-10)7-15-5-3-11/h10-11H,2-7H2,1H3,(H,12,13). The summed E-state index contributed by atoms with van der Waals surface area (Å²) in [5, 5.41) is 25.9. The van der Waals surface area contributed by atoms with E-state index in [-0.39, 0.29) is 39.6 Å². The van der Waals surface area contributed by atoms with Gasteiger partial charge in [-0.25, -0.2) is 0 Å². The van der Waals surface area contributed by atoms with E-state index in [1.54, 1.807) is 0 Å². The average Bonchev–Trinajstić information content (AvgIpc) is 2.18. The maximum atomic E-state index is 10.9. The second-order valence-electron chi connectivity index (χ2n) is 3.42. The first-order chi connectivity index (χ1) is 7.06. The van der Waals surface area contributed by atoms with E-state index in [0.717, 1.165) is 0 Å². The fraction of sp³-hybridized carbons (Fsp3) is 0.889. The lowest BCUT2D eigenvalue weighted by atomic mass is 9.93. The summed E-state index contributed by atoms with van der Waals surface area (Å²) in [5.41, 5.74) is -1.15. The molecule has 0 aliphatic carbocycles. The fourth-order valence-corrected chi connectivity index (χ4v) is 0.889. The number of aliphatic carboxylic acids is 1. The molecule has 0 aromatic heterocycles. The molecule has 6 heteroatoms. The molecule has 0 spiro atoms. The van der Waals surface area contributed by atoms with Crippen molar-refractivity contribution in [2.24, 2.45) is 5.41 Å². The first-order valence-electron chi connectivity index (χ1n) is 4.67. The van der Waals surface area contributed by atoms with Crippen molar-refractivity contribution in [2.45, 2.75) is 6.92 Å². The molecular formula is C9H18O6. The van der Waals surface area contributed by atoms with Crippen molar-refractivity contribution in [3.63, 3.8) is 0 Å². The minimum absolute atomic E-state index is 0.0334. The van der Waals surface area contributed by atoms with Crippen molar-refractivity contribution in [2.75, 3.05) is 39.6 Å². The Balaban J connectivity index is 4.01. The Bertz CT molecular complexity index is 171. The van der Waals surface area contributed by atoms with Gasteiger partial charge in [0, 0.05) is 0 Å². The largest absolute Gasteiger partial charge is 0.481 e. The van der Waals surface area contributed by atoms with Crippen molar-refractivity contribution in [1.82, 2.24) is 0 Å². The van der Waals surface area contributed by atoms with Gasteiger partial charge in [0.05, 0.1) is 39.6 Å². The molecule has 0 unspecified atom stereocenters. The van der Waals surface area contributed by atoms with Crippen LogP contribution in [-0.2, 0) is 14.3 Å². The molecule has 0 heterocycles. The highest BCUT2D eigenvalue weighted by Crippen LogP contribution is 2.17. The number of hydrogen-bond donors (Lipinski definition) is 3. The van der Waals surface area contributed by atoms with Crippen LogP contribution < -0.4 is 0 Å². The van der Waals surface area contributed by atoms with Crippen LogP contribution in [0.1, 0.15) is 6.92 Å². The minimum atomic E-state index is -1.15. The summed E-state index contributed by atoms with van der Waals surface area (Å²) >= 11 is 0. The highest BCUT2D eigenvalue weighted by molar-refractivity contribution is 5.74. The van der Waals surface area contributed by atoms with Gasteiger partial charge in [-0.1, -0.05) is 0 Å². The fourth-order valence-electron chi connectivity index (χ4n) is 0.889. The smallest absolute Gasteiger partial charge is 0.314 e. The lowest BCUT2D eigenvalue weighted by Gasteiger charge is -2.24. The van der Waals surface area contributed by atoms with Crippen LogP contribution in [0.25, 0.3) is 0 Å². The van der Waals surface area contributed by atoms with Crippen molar-refractivity contribution < 1.29 is 29.6 Å². The molecule has 0 fully saturated rings. The van der Waals surface area contributed by atoms with E-state index >= 15 is 0 Å². The van der Waals surface area contributed by atoms with Gasteiger partial charge in [0.15, 0.2) is 0 Å². The van der Waals surface area contributed by atoms with E-state index in [0.29, 0.717) is 0 Å². The Labute approximate surface area is 88.4 Å². The van der Waals surface area contributed by atoms with Gasteiger partial charge in [-0.05, 0) is 6.92 Å². The molecule has 0 atom stereocenters. The Hall–Kier alpha value is -0.690. The zero-order chi connectivity index (χ0) is 11.7. The van der Waals surface area contributed by atoms with Gasteiger partial charge in [0.1, 0.15) is 5.41 Å². The first-order valence-corrected chi connectivity index (χ1v) is 4.67. The molecule has 15 heavy (non-hydrogen) atoms. The van der Waals surface area contributed by atoms with Crippen molar-refractivity contribution in [3.05, 3.63) is 0 Å². The number of carboxylic acids is 1. The highest BCUT2D eigenvalue weighted by atomic mass is 16.5. The maximum absolute atomic E-state index is 10.9. The van der Waals surface area contributed by atoms with E-state index in [2.05, 4.69) is 0 Å². The van der Waals surface area contributed by atoms with Crippen molar-refractivity contribution in [1.29, 1.82) is 0 Å². The average molecular weight is 222 g/mol. The van der Waals surface area contributed by atoms with Gasteiger partial charge in [-0.15, -0.1) is 0 Å². The summed E-state index contributed by atoms with van der Waals surface area (Å²) in [7, 11) is 0. The van der Waals surface area contributed by atoms with Crippen LogP contribution in [0.5, 0.6) is 0 Å². The number of ether oxygens (including phenoxy) is 2. The quantitative estimate of drug-likeness (QED) is 0.437. The van der Waals surface area contributed by atoms with Crippen molar-refractivity contribution >= 4 is 5.97 Å². The number of carboxylic acid groups (broad SMARTS) is 1. The third-order valence-corrected chi connectivity index (χ3v) is 1.83. The van der Waals surface area contributed by atoms with Gasteiger partial charge in [0.2, 0.25) is 0 Å². The Morgan fingerprint density at radius 1 is 1.13 bits per heavy atom. The predicted octanol–water partition coefficient (Wildman–Crippen LogP) is -0.905. The summed E-state index contributed by atoms with van der Waals surface area (Å²) in [4.78, 5) is 10.9. The second-order valence-corrected chi connectivity index (χ2v) is 3.42. The van der Waals surface area contributed by atoms with E-state index in [4.69, 9.17) is 24.8 Å². The second kappa shape index (κ2) is 7.58. The third-order valence-electron chi connectivity index (χ3n) is 1.83. The van der Waals surface area contributed by atoms with E-state index in [1.165, 1.54) is 6.92 Å². The zero-order valence-corrected chi connectivity index (χ0v) is 8.81. The van der Waals surface area contributed by atoms with Crippen molar-refractivity contribution in [3.8, 4) is 0 Å². The first kappa shape index (κ1) is 14.3. The molecule has 0 aromatic rings. The monoisotopic (exact) mass is 222 g/mol. The molecule has 0 saturated carbocycles. The summed E-state index contributed by atoms with van der Waals surface area (Å²) in [5.74, 6) is -1.03. The Kier molecular flexibility index (Phi) is 7.23. The van der Waals surface area contributed by atoms with Gasteiger partial charge in [-0.3, -0.25) is 4.79 Å². The molecule has 0 aliphatic rings. The predicted molar refractivity (Wildman–Crippen MR) is 51.6 cm³/mol. The van der Waals surface area contributed by atoms with Crippen LogP contribution in [0, 0.1) is 5.41 Å². The number of aliphatic hydroxyl groups is 2. The highest BCUT2D eigenvalue weighted by Gasteiger charge is 2.33. The summed E-state index contributed by atoms with van der Waals surface area (Å²) in [6.45, 7) is 1.33. The number of aliphatic hydroxyl groups excluding tert-OH is 2. The molecule has 0 aromatic carbocycles. The van der Waals surface area contributed by atoms with Crippen LogP contribution in [0.4, 0.5) is 0 Å². The van der Waals surface area contributed by atoms with Crippen LogP contribution in [-0.4, -0.2) is 60.9 Å². The van der Waals surface area contributed by atoms with Gasteiger partial charge < -0.3 is 24.8 Å². The summed E-state index contributed by atoms with van der Waals surface area (Å²) in [6.07, 6.45) is 0. The molecule has 0 aliphatic heterocycles. The van der Waals surface area contributed by atoms with E-state index in [9.17, 15) is 4.79 Å². The van der Waals surface area contributed by atoms with Crippen LogP contribution in [0.15, 0.2) is 0 Å². The van der Waals surface area contributed by atoms with E-state index in [1.807, 2.05) is 0 Å². The number of hydrogen-bond acceptors (Lipinski definition) is 5. The molecular weight excluding hydrogens is 204 g/mol. The molecule has 90 valence electrons. The Morgan fingerprint density at radius 2 is 1.53 bits per heavy atom. The summed E-state index contributed by atoms with van der Waals surface area (Å²) in [6, 6.07) is 0. The molecule has 3 N–H and O–H groups in total. The molecule has 0 saturated heterocycles. The molecule has 0 rings (SSSR count). The third kappa shape index (κ3) is 5.68. The minimum Gasteiger partial charge on any atom is -0.481 e. The van der Waals surface area contributed by atoms with Gasteiger partial charge >= 0.3 is 5.97 Å². The molecule has 0 radical (unpaired) electrons. The molecule has 0 bridgehead atoms. The lowest BCUT2D eigenvalue weighted by Crippen LogP contribution is -2.38. The van der Waals surface area contributed by atoms with Gasteiger partial charge in [-0.2, -0.15) is 0 Å². The van der Waals surface area contributed by atoms with E-state index < -0.39 is 11.4 Å². The molecule has 0 amide bonds.